The third-order valence-corrected chi connectivity index (χ3v) is 4.07. The van der Waals surface area contributed by atoms with Crippen molar-refractivity contribution >= 4 is 11.8 Å². The lowest BCUT2D eigenvalue weighted by Crippen LogP contribution is -2.38. The first-order valence-electron chi connectivity index (χ1n) is 7.69. The lowest BCUT2D eigenvalue weighted by atomic mass is 10.1. The molecule has 0 amide bonds. The Morgan fingerprint density at radius 3 is 2.76 bits per heavy atom. The highest BCUT2D eigenvalue weighted by atomic mass is 16.5. The van der Waals surface area contributed by atoms with Crippen LogP contribution in [0.15, 0.2) is 6.07 Å². The fraction of sp³-hybridized carbons (Fsp3) is 0.733. The standard InChI is InChI=1S/C15H24N4O2/c1-12-9-14(18(2)10-13-3-6-21-11-13)17-15(16-12)19-4-7-20-8-5-19/h9,13H,3-8,10-11H2,1-2H3/t13-/m1/s1. The Kier molecular flexibility index (Phi) is 4.55. The van der Waals surface area contributed by atoms with Crippen molar-refractivity contribution in [3.8, 4) is 0 Å². The van der Waals surface area contributed by atoms with Crippen LogP contribution in [0.1, 0.15) is 12.1 Å². The number of aromatic nitrogens is 2. The molecular formula is C15H24N4O2. The molecule has 0 unspecified atom stereocenters. The molecule has 6 nitrogen and oxygen atoms in total. The van der Waals surface area contributed by atoms with E-state index in [4.69, 9.17) is 14.5 Å². The quantitative estimate of drug-likeness (QED) is 0.828. The zero-order valence-electron chi connectivity index (χ0n) is 12.9. The molecule has 0 radical (unpaired) electrons. The van der Waals surface area contributed by atoms with Gasteiger partial charge >= 0.3 is 0 Å². The highest BCUT2D eigenvalue weighted by molar-refractivity contribution is 5.45. The number of hydrogen-bond acceptors (Lipinski definition) is 6. The molecule has 0 spiro atoms. The number of nitrogens with zero attached hydrogens (tertiary/aromatic N) is 4. The van der Waals surface area contributed by atoms with E-state index in [0.29, 0.717) is 5.92 Å². The second kappa shape index (κ2) is 6.58. The Hall–Kier alpha value is -1.40. The van der Waals surface area contributed by atoms with Crippen LogP contribution in [0.3, 0.4) is 0 Å². The highest BCUT2D eigenvalue weighted by Gasteiger charge is 2.20. The smallest absolute Gasteiger partial charge is 0.227 e. The average Bonchev–Trinajstić information content (AvgIpc) is 3.00. The van der Waals surface area contributed by atoms with Gasteiger partial charge in [0.15, 0.2) is 0 Å². The molecule has 2 aliphatic heterocycles. The third-order valence-electron chi connectivity index (χ3n) is 4.07. The summed E-state index contributed by atoms with van der Waals surface area (Å²) in [5.74, 6) is 2.43. The molecule has 3 rings (SSSR count). The van der Waals surface area contributed by atoms with E-state index in [1.807, 2.05) is 6.92 Å². The van der Waals surface area contributed by atoms with E-state index in [-0.39, 0.29) is 0 Å². The first kappa shape index (κ1) is 14.5. The van der Waals surface area contributed by atoms with Crippen LogP contribution in [0.5, 0.6) is 0 Å². The Morgan fingerprint density at radius 2 is 2.05 bits per heavy atom. The molecule has 2 aliphatic rings. The molecule has 0 aliphatic carbocycles. The lowest BCUT2D eigenvalue weighted by Gasteiger charge is -2.28. The maximum absolute atomic E-state index is 5.45. The van der Waals surface area contributed by atoms with Crippen LogP contribution in [0.4, 0.5) is 11.8 Å². The summed E-state index contributed by atoms with van der Waals surface area (Å²) in [6, 6.07) is 2.06. The Labute approximate surface area is 126 Å². The summed E-state index contributed by atoms with van der Waals surface area (Å²) in [7, 11) is 2.10. The zero-order chi connectivity index (χ0) is 14.7. The van der Waals surface area contributed by atoms with Gasteiger partial charge in [-0.2, -0.15) is 4.98 Å². The van der Waals surface area contributed by atoms with Crippen molar-refractivity contribution in [2.75, 3.05) is 62.9 Å². The van der Waals surface area contributed by atoms with Crippen molar-refractivity contribution in [3.63, 3.8) is 0 Å². The maximum atomic E-state index is 5.45. The summed E-state index contributed by atoms with van der Waals surface area (Å²) in [5.41, 5.74) is 1.01. The molecule has 1 aromatic heterocycles. The number of rotatable bonds is 4. The second-order valence-corrected chi connectivity index (χ2v) is 5.88. The van der Waals surface area contributed by atoms with Crippen molar-refractivity contribution in [2.24, 2.45) is 5.92 Å². The first-order valence-corrected chi connectivity index (χ1v) is 7.69. The molecule has 3 heterocycles. The fourth-order valence-corrected chi connectivity index (χ4v) is 2.85. The molecule has 21 heavy (non-hydrogen) atoms. The maximum Gasteiger partial charge on any atom is 0.227 e. The van der Waals surface area contributed by atoms with E-state index in [0.717, 1.165) is 69.9 Å². The normalized spacial score (nSPS) is 22.6. The van der Waals surface area contributed by atoms with Gasteiger partial charge < -0.3 is 19.3 Å². The van der Waals surface area contributed by atoms with Crippen molar-refractivity contribution < 1.29 is 9.47 Å². The molecule has 0 saturated carbocycles. The Bertz CT molecular complexity index is 471. The van der Waals surface area contributed by atoms with Crippen molar-refractivity contribution in [1.82, 2.24) is 9.97 Å². The summed E-state index contributed by atoms with van der Waals surface area (Å²) in [6.45, 7) is 8.00. The number of morpholine rings is 1. The van der Waals surface area contributed by atoms with Gasteiger partial charge in [0.1, 0.15) is 5.82 Å². The fourth-order valence-electron chi connectivity index (χ4n) is 2.85. The summed E-state index contributed by atoms with van der Waals surface area (Å²) < 4.78 is 10.9. The predicted molar refractivity (Wildman–Crippen MR) is 82.0 cm³/mol. The summed E-state index contributed by atoms with van der Waals surface area (Å²) in [4.78, 5) is 13.7. The number of ether oxygens (including phenoxy) is 2. The second-order valence-electron chi connectivity index (χ2n) is 5.88. The molecule has 0 N–H and O–H groups in total. The van der Waals surface area contributed by atoms with Gasteiger partial charge in [-0.25, -0.2) is 4.98 Å². The topological polar surface area (TPSA) is 50.7 Å². The van der Waals surface area contributed by atoms with Gasteiger partial charge in [-0.3, -0.25) is 0 Å². The van der Waals surface area contributed by atoms with Crippen LogP contribution in [0, 0.1) is 12.8 Å². The molecule has 1 aromatic rings. The summed E-state index contributed by atoms with van der Waals surface area (Å²) in [5, 5.41) is 0. The van der Waals surface area contributed by atoms with Gasteiger partial charge in [0.05, 0.1) is 19.8 Å². The predicted octanol–water partition coefficient (Wildman–Crippen LogP) is 1.09. The SMILES string of the molecule is Cc1cc(N(C)C[C@H]2CCOC2)nc(N2CCOCC2)n1. The minimum atomic E-state index is 0.608. The Morgan fingerprint density at radius 1 is 1.24 bits per heavy atom. The number of aryl methyl sites for hydroxylation is 1. The molecule has 1 atom stereocenters. The number of hydrogen-bond donors (Lipinski definition) is 0. The molecular weight excluding hydrogens is 268 g/mol. The van der Waals surface area contributed by atoms with Crippen LogP contribution in [0.2, 0.25) is 0 Å². The van der Waals surface area contributed by atoms with E-state index in [1.165, 1.54) is 0 Å². The zero-order valence-corrected chi connectivity index (χ0v) is 12.9. The monoisotopic (exact) mass is 292 g/mol. The first-order chi connectivity index (χ1) is 10.2. The van der Waals surface area contributed by atoms with Gasteiger partial charge in [0, 0.05) is 51.0 Å². The van der Waals surface area contributed by atoms with Gasteiger partial charge in [-0.05, 0) is 13.3 Å². The lowest BCUT2D eigenvalue weighted by molar-refractivity contribution is 0.122. The minimum Gasteiger partial charge on any atom is -0.381 e. The van der Waals surface area contributed by atoms with Crippen LogP contribution < -0.4 is 9.80 Å². The van der Waals surface area contributed by atoms with Crippen LogP contribution in [-0.4, -0.2) is 63.1 Å². The van der Waals surface area contributed by atoms with Crippen LogP contribution in [0.25, 0.3) is 0 Å². The third kappa shape index (κ3) is 3.63. The van der Waals surface area contributed by atoms with E-state index >= 15 is 0 Å². The van der Waals surface area contributed by atoms with Crippen LogP contribution in [-0.2, 0) is 9.47 Å². The van der Waals surface area contributed by atoms with E-state index in [1.54, 1.807) is 0 Å². The summed E-state index contributed by atoms with van der Waals surface area (Å²) in [6.07, 6.45) is 1.14. The van der Waals surface area contributed by atoms with E-state index < -0.39 is 0 Å². The van der Waals surface area contributed by atoms with E-state index in [9.17, 15) is 0 Å². The van der Waals surface area contributed by atoms with Gasteiger partial charge in [-0.15, -0.1) is 0 Å². The average molecular weight is 292 g/mol. The van der Waals surface area contributed by atoms with Crippen molar-refractivity contribution in [2.45, 2.75) is 13.3 Å². The molecule has 6 heteroatoms. The minimum absolute atomic E-state index is 0.608. The summed E-state index contributed by atoms with van der Waals surface area (Å²) >= 11 is 0. The van der Waals surface area contributed by atoms with Gasteiger partial charge in [0.25, 0.3) is 0 Å². The largest absolute Gasteiger partial charge is 0.381 e. The van der Waals surface area contributed by atoms with Crippen molar-refractivity contribution in [1.29, 1.82) is 0 Å². The molecule has 0 aromatic carbocycles. The van der Waals surface area contributed by atoms with Crippen molar-refractivity contribution in [3.05, 3.63) is 11.8 Å². The Balaban J connectivity index is 1.73. The molecule has 116 valence electrons. The highest BCUT2D eigenvalue weighted by Crippen LogP contribution is 2.20. The number of anilines is 2. The van der Waals surface area contributed by atoms with Gasteiger partial charge in [-0.1, -0.05) is 0 Å². The van der Waals surface area contributed by atoms with Gasteiger partial charge in [0.2, 0.25) is 5.95 Å². The molecule has 2 fully saturated rings. The van der Waals surface area contributed by atoms with Crippen LogP contribution >= 0.6 is 0 Å². The van der Waals surface area contributed by atoms with E-state index in [2.05, 4.69) is 27.9 Å². The molecule has 2 saturated heterocycles. The molecule has 0 bridgehead atoms.